The Balaban J connectivity index is 2.27. The topological polar surface area (TPSA) is 12.0 Å². The largest absolute Gasteiger partial charge is 0.316 e. The van der Waals surface area contributed by atoms with Crippen LogP contribution in [-0.2, 0) is 0 Å². The zero-order valence-electron chi connectivity index (χ0n) is 10.1. The van der Waals surface area contributed by atoms with E-state index in [-0.39, 0.29) is 5.82 Å². The normalized spacial score (nSPS) is 25.7. The number of hydrogen-bond donors (Lipinski definition) is 1. The van der Waals surface area contributed by atoms with Gasteiger partial charge in [-0.3, -0.25) is 0 Å². The Morgan fingerprint density at radius 2 is 2.00 bits per heavy atom. The fourth-order valence-electron chi connectivity index (χ4n) is 2.90. The van der Waals surface area contributed by atoms with Gasteiger partial charge in [-0.15, -0.1) is 0 Å². The maximum atomic E-state index is 13.1. The molecule has 0 saturated heterocycles. The van der Waals surface area contributed by atoms with Gasteiger partial charge in [-0.1, -0.05) is 18.9 Å². The Morgan fingerprint density at radius 3 is 2.69 bits per heavy atom. The summed E-state index contributed by atoms with van der Waals surface area (Å²) in [6.07, 6.45) is 5.05. The molecule has 0 amide bonds. The molecule has 0 aromatic heterocycles. The first-order chi connectivity index (χ1) is 7.72. The van der Waals surface area contributed by atoms with E-state index in [4.69, 9.17) is 0 Å². The highest BCUT2D eigenvalue weighted by Crippen LogP contribution is 2.34. The van der Waals surface area contributed by atoms with E-state index in [9.17, 15) is 4.39 Å². The van der Waals surface area contributed by atoms with Crippen molar-refractivity contribution in [3.05, 3.63) is 35.1 Å². The molecule has 1 aliphatic rings. The number of likely N-dealkylation sites (N-methyl/N-ethyl adjacent to an activating group) is 1. The average molecular weight is 221 g/mol. The average Bonchev–Trinajstić information content (AvgIpc) is 2.29. The Bertz CT molecular complexity index is 362. The molecule has 1 aromatic rings. The van der Waals surface area contributed by atoms with Crippen molar-refractivity contribution in [3.8, 4) is 0 Å². The molecule has 16 heavy (non-hydrogen) atoms. The molecule has 88 valence electrons. The summed E-state index contributed by atoms with van der Waals surface area (Å²) in [4.78, 5) is 0. The van der Waals surface area contributed by atoms with Crippen LogP contribution in [0.25, 0.3) is 0 Å². The molecule has 2 atom stereocenters. The number of nitrogens with one attached hydrogen (secondary N) is 1. The molecule has 1 fully saturated rings. The maximum absolute atomic E-state index is 13.1. The number of benzene rings is 1. The van der Waals surface area contributed by atoms with E-state index < -0.39 is 0 Å². The molecular weight excluding hydrogens is 201 g/mol. The molecule has 1 aliphatic carbocycles. The van der Waals surface area contributed by atoms with Gasteiger partial charge < -0.3 is 5.32 Å². The van der Waals surface area contributed by atoms with Crippen molar-refractivity contribution in [1.82, 2.24) is 5.32 Å². The van der Waals surface area contributed by atoms with Crippen molar-refractivity contribution >= 4 is 0 Å². The minimum atomic E-state index is -0.127. The van der Waals surface area contributed by atoms with Gasteiger partial charge in [0, 0.05) is 6.04 Å². The van der Waals surface area contributed by atoms with Crippen LogP contribution in [0.15, 0.2) is 18.2 Å². The van der Waals surface area contributed by atoms with Gasteiger partial charge in [0.05, 0.1) is 0 Å². The summed E-state index contributed by atoms with van der Waals surface area (Å²) in [5.74, 6) is 0.428. The summed E-state index contributed by atoms with van der Waals surface area (Å²) in [5.41, 5.74) is 2.41. The first-order valence-corrected chi connectivity index (χ1v) is 6.15. The van der Waals surface area contributed by atoms with Crippen molar-refractivity contribution in [1.29, 1.82) is 0 Å². The molecule has 0 spiro atoms. The Hall–Kier alpha value is -0.890. The third kappa shape index (κ3) is 2.27. The molecule has 0 radical (unpaired) electrons. The zero-order chi connectivity index (χ0) is 11.5. The van der Waals surface area contributed by atoms with Crippen LogP contribution in [0.1, 0.15) is 42.7 Å². The Labute approximate surface area is 97.1 Å². The van der Waals surface area contributed by atoms with E-state index in [1.54, 1.807) is 12.1 Å². The Morgan fingerprint density at radius 1 is 1.25 bits per heavy atom. The number of hydrogen-bond acceptors (Lipinski definition) is 1. The molecule has 2 heteroatoms. The maximum Gasteiger partial charge on any atom is 0.123 e. The van der Waals surface area contributed by atoms with E-state index in [0.29, 0.717) is 12.0 Å². The van der Waals surface area contributed by atoms with Crippen LogP contribution in [0.2, 0.25) is 0 Å². The van der Waals surface area contributed by atoms with Crippen LogP contribution >= 0.6 is 0 Å². The number of aryl methyl sites for hydroxylation is 1. The monoisotopic (exact) mass is 221 g/mol. The first kappa shape index (κ1) is 11.6. The summed E-state index contributed by atoms with van der Waals surface area (Å²) in [6, 6.07) is 5.75. The predicted molar refractivity (Wildman–Crippen MR) is 65.2 cm³/mol. The SMILES string of the molecule is CNC1CCCCC1c1ccc(F)cc1C. The highest BCUT2D eigenvalue weighted by molar-refractivity contribution is 5.31. The third-order valence-corrected chi connectivity index (χ3v) is 3.77. The molecule has 0 bridgehead atoms. The molecule has 1 saturated carbocycles. The van der Waals surface area contributed by atoms with Crippen molar-refractivity contribution in [2.24, 2.45) is 0 Å². The number of halogens is 1. The minimum Gasteiger partial charge on any atom is -0.316 e. The lowest BCUT2D eigenvalue weighted by molar-refractivity contribution is 0.343. The van der Waals surface area contributed by atoms with E-state index in [0.717, 1.165) is 5.56 Å². The molecule has 1 aromatic carbocycles. The summed E-state index contributed by atoms with van der Waals surface area (Å²) in [5, 5.41) is 3.40. The third-order valence-electron chi connectivity index (χ3n) is 3.77. The van der Waals surface area contributed by atoms with Crippen LogP contribution in [0.4, 0.5) is 4.39 Å². The summed E-state index contributed by atoms with van der Waals surface area (Å²) in [6.45, 7) is 2.01. The lowest BCUT2D eigenvalue weighted by atomic mass is 9.78. The highest BCUT2D eigenvalue weighted by Gasteiger charge is 2.26. The lowest BCUT2D eigenvalue weighted by Gasteiger charge is -2.32. The van der Waals surface area contributed by atoms with Gasteiger partial charge in [0.2, 0.25) is 0 Å². The first-order valence-electron chi connectivity index (χ1n) is 6.15. The molecule has 0 aliphatic heterocycles. The van der Waals surface area contributed by atoms with Crippen molar-refractivity contribution in [2.45, 2.75) is 44.6 Å². The van der Waals surface area contributed by atoms with Gasteiger partial charge in [0.15, 0.2) is 0 Å². The molecule has 0 heterocycles. The second-order valence-corrected chi connectivity index (χ2v) is 4.79. The van der Waals surface area contributed by atoms with Gasteiger partial charge in [-0.25, -0.2) is 4.39 Å². The molecular formula is C14H20FN. The van der Waals surface area contributed by atoms with Crippen LogP contribution in [0.3, 0.4) is 0 Å². The van der Waals surface area contributed by atoms with Crippen LogP contribution in [0, 0.1) is 12.7 Å². The van der Waals surface area contributed by atoms with Gasteiger partial charge in [-0.05, 0) is 56.0 Å². The second-order valence-electron chi connectivity index (χ2n) is 4.79. The fourth-order valence-corrected chi connectivity index (χ4v) is 2.90. The lowest BCUT2D eigenvalue weighted by Crippen LogP contribution is -2.34. The standard InChI is InChI=1S/C14H20FN/c1-10-9-11(15)7-8-12(10)13-5-3-4-6-14(13)16-2/h7-9,13-14,16H,3-6H2,1-2H3. The summed E-state index contributed by atoms with van der Waals surface area (Å²) < 4.78 is 13.1. The van der Waals surface area contributed by atoms with Crippen LogP contribution in [0.5, 0.6) is 0 Å². The Kier molecular flexibility index (Phi) is 3.59. The van der Waals surface area contributed by atoms with Gasteiger partial charge in [-0.2, -0.15) is 0 Å². The molecule has 1 nitrogen and oxygen atoms in total. The highest BCUT2D eigenvalue weighted by atomic mass is 19.1. The van der Waals surface area contributed by atoms with E-state index in [1.165, 1.54) is 31.2 Å². The number of rotatable bonds is 2. The smallest absolute Gasteiger partial charge is 0.123 e. The van der Waals surface area contributed by atoms with E-state index in [1.807, 2.05) is 20.0 Å². The van der Waals surface area contributed by atoms with E-state index >= 15 is 0 Å². The van der Waals surface area contributed by atoms with Gasteiger partial charge >= 0.3 is 0 Å². The molecule has 1 N–H and O–H groups in total. The van der Waals surface area contributed by atoms with Gasteiger partial charge in [0.25, 0.3) is 0 Å². The fraction of sp³-hybridized carbons (Fsp3) is 0.571. The summed E-state index contributed by atoms with van der Waals surface area (Å²) >= 11 is 0. The molecule has 2 unspecified atom stereocenters. The van der Waals surface area contributed by atoms with Gasteiger partial charge in [0.1, 0.15) is 5.82 Å². The van der Waals surface area contributed by atoms with Crippen LogP contribution in [-0.4, -0.2) is 13.1 Å². The zero-order valence-corrected chi connectivity index (χ0v) is 10.1. The van der Waals surface area contributed by atoms with Crippen molar-refractivity contribution < 1.29 is 4.39 Å². The molecule has 2 rings (SSSR count). The van der Waals surface area contributed by atoms with Crippen LogP contribution < -0.4 is 5.32 Å². The quantitative estimate of drug-likeness (QED) is 0.807. The van der Waals surface area contributed by atoms with Crippen molar-refractivity contribution in [3.63, 3.8) is 0 Å². The van der Waals surface area contributed by atoms with E-state index in [2.05, 4.69) is 5.32 Å². The second kappa shape index (κ2) is 4.96. The predicted octanol–water partition coefficient (Wildman–Crippen LogP) is 3.38. The van der Waals surface area contributed by atoms with Crippen molar-refractivity contribution in [2.75, 3.05) is 7.05 Å². The summed E-state index contributed by atoms with van der Waals surface area (Å²) in [7, 11) is 2.03. The minimum absolute atomic E-state index is 0.127.